The number of nitrogens with zero attached hydrogens (tertiary/aromatic N) is 3. The fraction of sp³-hybridized carbons (Fsp3) is 0.200. The standard InChI is InChI=1S/C25H25BrN4O6S/c1-18(25(32)27-2)28(16-19-8-10-20(26)11-9-19)24(31)17-29(21-12-14-22(15-13-21)30(33)34)37(35,36)23-6-4-3-5-7-23/h3-15,18H,16-17H2,1-2H3,(H,27,32)/t18-/m1/s1. The molecule has 10 nitrogen and oxygen atoms in total. The molecule has 0 bridgehead atoms. The molecular weight excluding hydrogens is 564 g/mol. The number of hydrogen-bond acceptors (Lipinski definition) is 6. The second-order valence-corrected chi connectivity index (χ2v) is 10.8. The highest BCUT2D eigenvalue weighted by Gasteiger charge is 2.32. The van der Waals surface area contributed by atoms with Crippen LogP contribution in [0, 0.1) is 10.1 Å². The molecule has 0 saturated heterocycles. The summed E-state index contributed by atoms with van der Waals surface area (Å²) in [6.45, 7) is 0.977. The van der Waals surface area contributed by atoms with E-state index in [0.29, 0.717) is 0 Å². The van der Waals surface area contributed by atoms with Gasteiger partial charge < -0.3 is 10.2 Å². The van der Waals surface area contributed by atoms with Gasteiger partial charge in [-0.25, -0.2) is 8.42 Å². The van der Waals surface area contributed by atoms with Crippen molar-refractivity contribution in [3.63, 3.8) is 0 Å². The number of rotatable bonds is 10. The number of anilines is 1. The minimum atomic E-state index is -4.24. The SMILES string of the molecule is CNC(=O)[C@@H](C)N(Cc1ccc(Br)cc1)C(=O)CN(c1ccc([N+](=O)[O-])cc1)S(=O)(=O)c1ccccc1. The van der Waals surface area contributed by atoms with Crippen molar-refractivity contribution in [3.8, 4) is 0 Å². The number of likely N-dealkylation sites (N-methyl/N-ethyl adjacent to an activating group) is 1. The number of nitrogens with one attached hydrogen (secondary N) is 1. The normalized spacial score (nSPS) is 11.9. The van der Waals surface area contributed by atoms with E-state index in [1.165, 1.54) is 48.3 Å². The zero-order valence-corrected chi connectivity index (χ0v) is 22.5. The van der Waals surface area contributed by atoms with Crippen LogP contribution in [0.2, 0.25) is 0 Å². The predicted octanol–water partition coefficient (Wildman–Crippen LogP) is 3.72. The average molecular weight is 589 g/mol. The Kier molecular flexibility index (Phi) is 9.00. The van der Waals surface area contributed by atoms with Crippen molar-refractivity contribution in [1.82, 2.24) is 10.2 Å². The van der Waals surface area contributed by atoms with E-state index in [2.05, 4.69) is 21.2 Å². The van der Waals surface area contributed by atoms with Crippen LogP contribution in [0.3, 0.4) is 0 Å². The van der Waals surface area contributed by atoms with E-state index in [1.54, 1.807) is 49.4 Å². The maximum absolute atomic E-state index is 13.6. The number of benzene rings is 3. The smallest absolute Gasteiger partial charge is 0.269 e. The monoisotopic (exact) mass is 588 g/mol. The van der Waals surface area contributed by atoms with Crippen LogP contribution in [-0.4, -0.2) is 49.7 Å². The van der Waals surface area contributed by atoms with E-state index in [9.17, 15) is 28.1 Å². The number of amides is 2. The first-order valence-corrected chi connectivity index (χ1v) is 13.4. The first kappa shape index (κ1) is 27.8. The van der Waals surface area contributed by atoms with E-state index in [-0.39, 0.29) is 22.8 Å². The first-order valence-electron chi connectivity index (χ1n) is 11.1. The molecule has 0 aromatic heterocycles. The summed E-state index contributed by atoms with van der Waals surface area (Å²) in [5.74, 6) is -1.05. The molecule has 0 spiro atoms. The molecule has 3 rings (SSSR count). The van der Waals surface area contributed by atoms with Gasteiger partial charge in [0.1, 0.15) is 12.6 Å². The lowest BCUT2D eigenvalue weighted by Gasteiger charge is -2.31. The van der Waals surface area contributed by atoms with E-state index in [0.717, 1.165) is 14.3 Å². The van der Waals surface area contributed by atoms with Crippen LogP contribution >= 0.6 is 15.9 Å². The molecule has 0 saturated carbocycles. The second kappa shape index (κ2) is 12.0. The van der Waals surface area contributed by atoms with Gasteiger partial charge in [-0.15, -0.1) is 0 Å². The van der Waals surface area contributed by atoms with Crippen molar-refractivity contribution >= 4 is 49.1 Å². The minimum absolute atomic E-state index is 0.0556. The van der Waals surface area contributed by atoms with Crippen molar-refractivity contribution in [1.29, 1.82) is 0 Å². The van der Waals surface area contributed by atoms with Crippen molar-refractivity contribution < 1.29 is 22.9 Å². The number of nitro benzene ring substituents is 1. The van der Waals surface area contributed by atoms with Crippen molar-refractivity contribution in [3.05, 3.63) is 99.0 Å². The zero-order valence-electron chi connectivity index (χ0n) is 20.1. The Bertz CT molecular complexity index is 1370. The zero-order chi connectivity index (χ0) is 27.2. The molecule has 1 atom stereocenters. The number of hydrogen-bond donors (Lipinski definition) is 1. The summed E-state index contributed by atoms with van der Waals surface area (Å²) in [4.78, 5) is 37.8. The van der Waals surface area contributed by atoms with Crippen molar-refractivity contribution in [2.45, 2.75) is 24.4 Å². The first-order chi connectivity index (χ1) is 17.5. The number of carbonyl (C=O) groups is 2. The number of carbonyl (C=O) groups excluding carboxylic acids is 2. The molecule has 0 aliphatic heterocycles. The third-order valence-corrected chi connectivity index (χ3v) is 7.96. The Hall–Kier alpha value is -3.77. The molecule has 37 heavy (non-hydrogen) atoms. The molecule has 0 heterocycles. The summed E-state index contributed by atoms with van der Waals surface area (Å²) in [6, 6.07) is 18.7. The van der Waals surface area contributed by atoms with Gasteiger partial charge in [-0.3, -0.25) is 24.0 Å². The maximum atomic E-state index is 13.6. The fourth-order valence-electron chi connectivity index (χ4n) is 3.57. The van der Waals surface area contributed by atoms with E-state index in [4.69, 9.17) is 0 Å². The van der Waals surface area contributed by atoms with Crippen LogP contribution < -0.4 is 9.62 Å². The van der Waals surface area contributed by atoms with Gasteiger partial charge >= 0.3 is 0 Å². The van der Waals surface area contributed by atoms with Crippen molar-refractivity contribution in [2.75, 3.05) is 17.9 Å². The van der Waals surface area contributed by atoms with Crippen LogP contribution in [-0.2, 0) is 26.2 Å². The summed E-state index contributed by atoms with van der Waals surface area (Å²) >= 11 is 3.36. The number of nitro groups is 1. The van der Waals surface area contributed by atoms with Crippen LogP contribution in [0.1, 0.15) is 12.5 Å². The fourth-order valence-corrected chi connectivity index (χ4v) is 5.27. The Morgan fingerprint density at radius 1 is 1.00 bits per heavy atom. The molecule has 0 unspecified atom stereocenters. The lowest BCUT2D eigenvalue weighted by molar-refractivity contribution is -0.384. The second-order valence-electron chi connectivity index (χ2n) is 8.04. The molecule has 12 heteroatoms. The van der Waals surface area contributed by atoms with Crippen molar-refractivity contribution in [2.24, 2.45) is 0 Å². The van der Waals surface area contributed by atoms with Gasteiger partial charge in [-0.05, 0) is 48.9 Å². The molecule has 0 radical (unpaired) electrons. The van der Waals surface area contributed by atoms with Gasteiger partial charge in [-0.2, -0.15) is 0 Å². The molecule has 0 fully saturated rings. The molecule has 3 aromatic rings. The Morgan fingerprint density at radius 3 is 2.14 bits per heavy atom. The van der Waals surface area contributed by atoms with Gasteiger partial charge in [0, 0.05) is 30.2 Å². The summed E-state index contributed by atoms with van der Waals surface area (Å²) in [5, 5.41) is 13.6. The highest BCUT2D eigenvalue weighted by Crippen LogP contribution is 2.26. The molecule has 0 aliphatic carbocycles. The molecule has 1 N–H and O–H groups in total. The van der Waals surface area contributed by atoms with Crippen LogP contribution in [0.25, 0.3) is 0 Å². The summed E-state index contributed by atoms with van der Waals surface area (Å²) in [5.41, 5.74) is 0.580. The van der Waals surface area contributed by atoms with Gasteiger partial charge in [-0.1, -0.05) is 46.3 Å². The molecule has 3 aromatic carbocycles. The van der Waals surface area contributed by atoms with Gasteiger partial charge in [0.15, 0.2) is 0 Å². The number of non-ortho nitro benzene ring substituents is 1. The summed E-state index contributed by atoms with van der Waals surface area (Å²) in [7, 11) is -2.79. The highest BCUT2D eigenvalue weighted by atomic mass is 79.9. The minimum Gasteiger partial charge on any atom is -0.357 e. The molecule has 0 aliphatic rings. The average Bonchev–Trinajstić information content (AvgIpc) is 2.90. The van der Waals surface area contributed by atoms with Gasteiger partial charge in [0.05, 0.1) is 15.5 Å². The summed E-state index contributed by atoms with van der Waals surface area (Å²) < 4.78 is 28.9. The van der Waals surface area contributed by atoms with Crippen LogP contribution in [0.5, 0.6) is 0 Å². The topological polar surface area (TPSA) is 130 Å². The number of halogens is 1. The van der Waals surface area contributed by atoms with E-state index in [1.807, 2.05) is 0 Å². The Labute approximate surface area is 223 Å². The predicted molar refractivity (Wildman–Crippen MR) is 142 cm³/mol. The highest BCUT2D eigenvalue weighted by molar-refractivity contribution is 9.10. The van der Waals surface area contributed by atoms with E-state index < -0.39 is 39.3 Å². The van der Waals surface area contributed by atoms with Crippen LogP contribution in [0.15, 0.2) is 88.2 Å². The Balaban J connectivity index is 2.03. The number of sulfonamides is 1. The van der Waals surface area contributed by atoms with Gasteiger partial charge in [0.2, 0.25) is 11.8 Å². The summed E-state index contributed by atoms with van der Waals surface area (Å²) in [6.07, 6.45) is 0. The van der Waals surface area contributed by atoms with Gasteiger partial charge in [0.25, 0.3) is 15.7 Å². The largest absolute Gasteiger partial charge is 0.357 e. The quantitative estimate of drug-likeness (QED) is 0.284. The molecule has 2 amide bonds. The Morgan fingerprint density at radius 2 is 1.59 bits per heavy atom. The molecular formula is C25H25BrN4O6S. The molecule has 194 valence electrons. The lowest BCUT2D eigenvalue weighted by atomic mass is 10.1. The van der Waals surface area contributed by atoms with E-state index >= 15 is 0 Å². The maximum Gasteiger partial charge on any atom is 0.269 e. The third kappa shape index (κ3) is 6.71. The third-order valence-electron chi connectivity index (χ3n) is 5.64. The lowest BCUT2D eigenvalue weighted by Crippen LogP contribution is -2.50. The van der Waals surface area contributed by atoms with Crippen LogP contribution in [0.4, 0.5) is 11.4 Å².